The summed E-state index contributed by atoms with van der Waals surface area (Å²) in [5.41, 5.74) is 3.88. The smallest absolute Gasteiger partial charge is 0.241 e. The SMILES string of the molecule is Cc1ccccc1[C@H](NC(=O)CN(c1cccc(Cl)c1C)S(C)(=O)=O)c1ccccc1. The fourth-order valence-electron chi connectivity index (χ4n) is 3.48. The van der Waals surface area contributed by atoms with Gasteiger partial charge in [-0.25, -0.2) is 8.42 Å². The third-order valence-corrected chi connectivity index (χ3v) is 6.67. The maximum atomic E-state index is 13.1. The molecule has 162 valence electrons. The first-order valence-electron chi connectivity index (χ1n) is 9.81. The number of hydrogen-bond donors (Lipinski definition) is 1. The highest BCUT2D eigenvalue weighted by atomic mass is 35.5. The monoisotopic (exact) mass is 456 g/mol. The van der Waals surface area contributed by atoms with Gasteiger partial charge >= 0.3 is 0 Å². The zero-order valence-electron chi connectivity index (χ0n) is 17.7. The van der Waals surface area contributed by atoms with Crippen LogP contribution >= 0.6 is 11.6 Å². The second-order valence-electron chi connectivity index (χ2n) is 7.42. The number of nitrogens with zero attached hydrogens (tertiary/aromatic N) is 1. The topological polar surface area (TPSA) is 66.5 Å². The number of aryl methyl sites for hydroxylation is 1. The van der Waals surface area contributed by atoms with Crippen molar-refractivity contribution in [1.29, 1.82) is 0 Å². The fraction of sp³-hybridized carbons (Fsp3) is 0.208. The van der Waals surface area contributed by atoms with Gasteiger partial charge in [-0.3, -0.25) is 9.10 Å². The van der Waals surface area contributed by atoms with Gasteiger partial charge in [0.1, 0.15) is 6.54 Å². The minimum atomic E-state index is -3.71. The minimum absolute atomic E-state index is 0.352. The maximum absolute atomic E-state index is 13.1. The van der Waals surface area contributed by atoms with Gasteiger partial charge in [0.05, 0.1) is 18.0 Å². The molecule has 1 N–H and O–H groups in total. The molecule has 1 amide bonds. The highest BCUT2D eigenvalue weighted by molar-refractivity contribution is 7.92. The summed E-state index contributed by atoms with van der Waals surface area (Å²) in [4.78, 5) is 13.1. The van der Waals surface area contributed by atoms with Crippen LogP contribution in [0, 0.1) is 13.8 Å². The lowest BCUT2D eigenvalue weighted by Gasteiger charge is -2.26. The van der Waals surface area contributed by atoms with Crippen LogP contribution in [0.1, 0.15) is 28.3 Å². The Morgan fingerprint density at radius 2 is 1.61 bits per heavy atom. The Morgan fingerprint density at radius 1 is 0.968 bits per heavy atom. The molecule has 1 atom stereocenters. The normalized spacial score (nSPS) is 12.3. The molecule has 3 aromatic carbocycles. The van der Waals surface area contributed by atoms with E-state index in [0.717, 1.165) is 27.3 Å². The van der Waals surface area contributed by atoms with E-state index in [1.54, 1.807) is 25.1 Å². The number of benzene rings is 3. The number of rotatable bonds is 7. The molecular formula is C24H25ClN2O3S. The molecule has 0 radical (unpaired) electrons. The molecule has 31 heavy (non-hydrogen) atoms. The lowest BCUT2D eigenvalue weighted by Crippen LogP contribution is -2.42. The van der Waals surface area contributed by atoms with Gasteiger partial charge in [0, 0.05) is 5.02 Å². The molecule has 0 heterocycles. The summed E-state index contributed by atoms with van der Waals surface area (Å²) < 4.78 is 26.1. The summed E-state index contributed by atoms with van der Waals surface area (Å²) in [5, 5.41) is 3.46. The molecule has 0 bridgehead atoms. The van der Waals surface area contributed by atoms with Crippen molar-refractivity contribution < 1.29 is 13.2 Å². The zero-order valence-corrected chi connectivity index (χ0v) is 19.2. The van der Waals surface area contributed by atoms with Crippen LogP contribution in [0.25, 0.3) is 0 Å². The van der Waals surface area contributed by atoms with Crippen LogP contribution < -0.4 is 9.62 Å². The standard InChI is InChI=1S/C24H25ClN2O3S/c1-17-10-7-8-13-20(17)24(19-11-5-4-6-12-19)26-23(28)16-27(31(3,29)30)22-15-9-14-21(25)18(22)2/h4-15,24H,16H2,1-3H3,(H,26,28)/t24-/m1/s1. The van der Waals surface area contributed by atoms with Gasteiger partial charge in [-0.15, -0.1) is 0 Å². The lowest BCUT2D eigenvalue weighted by atomic mass is 9.95. The van der Waals surface area contributed by atoms with E-state index in [2.05, 4.69) is 5.32 Å². The Bertz CT molecular complexity index is 1180. The maximum Gasteiger partial charge on any atom is 0.241 e. The molecule has 0 unspecified atom stereocenters. The van der Waals surface area contributed by atoms with E-state index in [0.29, 0.717) is 16.3 Å². The average Bonchev–Trinajstić information content (AvgIpc) is 2.73. The second kappa shape index (κ2) is 9.54. The average molecular weight is 457 g/mol. The van der Waals surface area contributed by atoms with Crippen molar-refractivity contribution in [3.63, 3.8) is 0 Å². The number of hydrogen-bond acceptors (Lipinski definition) is 3. The van der Waals surface area contributed by atoms with Crippen molar-refractivity contribution in [2.24, 2.45) is 0 Å². The largest absolute Gasteiger partial charge is 0.344 e. The van der Waals surface area contributed by atoms with Crippen molar-refractivity contribution in [2.45, 2.75) is 19.9 Å². The molecule has 0 spiro atoms. The fourth-order valence-corrected chi connectivity index (χ4v) is 4.56. The van der Waals surface area contributed by atoms with Gasteiger partial charge in [0.25, 0.3) is 0 Å². The Kier molecular flexibility index (Phi) is 7.03. The van der Waals surface area contributed by atoms with Crippen LogP contribution in [0.15, 0.2) is 72.8 Å². The van der Waals surface area contributed by atoms with E-state index in [4.69, 9.17) is 11.6 Å². The van der Waals surface area contributed by atoms with Crippen molar-refractivity contribution in [2.75, 3.05) is 17.1 Å². The number of nitrogens with one attached hydrogen (secondary N) is 1. The lowest BCUT2D eigenvalue weighted by molar-refractivity contribution is -0.120. The quantitative estimate of drug-likeness (QED) is 0.563. The first-order valence-corrected chi connectivity index (χ1v) is 12.0. The van der Waals surface area contributed by atoms with Crippen molar-refractivity contribution in [1.82, 2.24) is 5.32 Å². The molecule has 0 saturated carbocycles. The van der Waals surface area contributed by atoms with Crippen LogP contribution in [-0.2, 0) is 14.8 Å². The molecule has 0 fully saturated rings. The first kappa shape index (κ1) is 22.8. The number of carbonyl (C=O) groups excluding carboxylic acids is 1. The summed E-state index contributed by atoms with van der Waals surface area (Å²) >= 11 is 6.18. The van der Waals surface area contributed by atoms with Gasteiger partial charge in [-0.1, -0.05) is 72.3 Å². The van der Waals surface area contributed by atoms with Crippen LogP contribution in [0.3, 0.4) is 0 Å². The van der Waals surface area contributed by atoms with Gasteiger partial charge in [-0.2, -0.15) is 0 Å². The Labute approximate surface area is 188 Å². The van der Waals surface area contributed by atoms with E-state index in [1.807, 2.05) is 61.5 Å². The third-order valence-electron chi connectivity index (χ3n) is 5.13. The molecular weight excluding hydrogens is 432 g/mol. The van der Waals surface area contributed by atoms with E-state index in [1.165, 1.54) is 0 Å². The predicted molar refractivity (Wildman–Crippen MR) is 126 cm³/mol. The van der Waals surface area contributed by atoms with E-state index in [9.17, 15) is 13.2 Å². The van der Waals surface area contributed by atoms with E-state index in [-0.39, 0.29) is 6.54 Å². The highest BCUT2D eigenvalue weighted by Crippen LogP contribution is 2.29. The number of sulfonamides is 1. The van der Waals surface area contributed by atoms with Crippen molar-refractivity contribution in [3.8, 4) is 0 Å². The molecule has 7 heteroatoms. The van der Waals surface area contributed by atoms with Gasteiger partial charge in [0.2, 0.25) is 15.9 Å². The highest BCUT2D eigenvalue weighted by Gasteiger charge is 2.25. The molecule has 3 aromatic rings. The molecule has 3 rings (SSSR count). The molecule has 5 nitrogen and oxygen atoms in total. The van der Waals surface area contributed by atoms with Gasteiger partial charge < -0.3 is 5.32 Å². The number of halogens is 1. The third kappa shape index (κ3) is 5.46. The van der Waals surface area contributed by atoms with E-state index < -0.39 is 22.0 Å². The van der Waals surface area contributed by atoms with Crippen LogP contribution in [0.2, 0.25) is 5.02 Å². The summed E-state index contributed by atoms with van der Waals surface area (Å²) in [5.74, 6) is -0.415. The Morgan fingerprint density at radius 3 is 2.26 bits per heavy atom. The summed E-state index contributed by atoms with van der Waals surface area (Å²) in [6.07, 6.45) is 1.08. The molecule has 0 aliphatic heterocycles. The molecule has 0 aliphatic rings. The summed E-state index contributed by atoms with van der Waals surface area (Å²) in [6, 6.07) is 22.0. The second-order valence-corrected chi connectivity index (χ2v) is 9.74. The van der Waals surface area contributed by atoms with Gasteiger partial charge in [-0.05, 0) is 48.2 Å². The molecule has 0 saturated heterocycles. The van der Waals surface area contributed by atoms with Crippen LogP contribution in [0.4, 0.5) is 5.69 Å². The van der Waals surface area contributed by atoms with E-state index >= 15 is 0 Å². The van der Waals surface area contributed by atoms with Crippen molar-refractivity contribution in [3.05, 3.63) is 100 Å². The van der Waals surface area contributed by atoms with Crippen LogP contribution in [-0.4, -0.2) is 27.1 Å². The number of anilines is 1. The minimum Gasteiger partial charge on any atom is -0.344 e. The number of amides is 1. The summed E-state index contributed by atoms with van der Waals surface area (Å²) in [6.45, 7) is 3.36. The van der Waals surface area contributed by atoms with Crippen molar-refractivity contribution >= 4 is 33.2 Å². The van der Waals surface area contributed by atoms with Crippen LogP contribution in [0.5, 0.6) is 0 Å². The number of carbonyl (C=O) groups is 1. The predicted octanol–water partition coefficient (Wildman–Crippen LogP) is 4.63. The Hall–Kier alpha value is -2.83. The summed E-state index contributed by atoms with van der Waals surface area (Å²) in [7, 11) is -3.71. The van der Waals surface area contributed by atoms with Gasteiger partial charge in [0.15, 0.2) is 0 Å². The Balaban J connectivity index is 1.94. The first-order chi connectivity index (χ1) is 14.7. The molecule has 0 aromatic heterocycles. The molecule has 0 aliphatic carbocycles. The zero-order chi connectivity index (χ0) is 22.6.